The Bertz CT molecular complexity index is 405. The van der Waals surface area contributed by atoms with Gasteiger partial charge in [0.2, 0.25) is 5.91 Å². The number of hydrogen-bond acceptors (Lipinski definition) is 4. The second-order valence-corrected chi connectivity index (χ2v) is 4.92. The van der Waals surface area contributed by atoms with Gasteiger partial charge in [-0.25, -0.2) is 0 Å². The number of nitrogens with two attached hydrogens (primary N) is 1. The quantitative estimate of drug-likeness (QED) is 0.915. The molecule has 1 aromatic rings. The van der Waals surface area contributed by atoms with E-state index >= 15 is 0 Å². The lowest BCUT2D eigenvalue weighted by Crippen LogP contribution is -2.36. The largest absolute Gasteiger partial charge is 0.340 e. The van der Waals surface area contributed by atoms with Gasteiger partial charge in [0.25, 0.3) is 0 Å². The highest BCUT2D eigenvalue weighted by Gasteiger charge is 2.33. The van der Waals surface area contributed by atoms with Crippen LogP contribution in [0.2, 0.25) is 0 Å². The van der Waals surface area contributed by atoms with E-state index in [0.717, 1.165) is 25.0 Å². The van der Waals surface area contributed by atoms with Crippen molar-refractivity contribution in [2.45, 2.75) is 25.8 Å². The zero-order chi connectivity index (χ0) is 13.0. The highest BCUT2D eigenvalue weighted by atomic mass is 35.5. The Labute approximate surface area is 132 Å². The average Bonchev–Trinajstić information content (AvgIpc) is 2.87. The smallest absolute Gasteiger partial charge is 0.226 e. The number of carbonyl (C=O) groups excluding carboxylic acids is 1. The molecule has 2 rings (SSSR count). The van der Waals surface area contributed by atoms with Gasteiger partial charge >= 0.3 is 0 Å². The number of nitrogens with zero attached hydrogens (tertiary/aromatic N) is 3. The van der Waals surface area contributed by atoms with Crippen LogP contribution in [-0.2, 0) is 11.3 Å². The second kappa shape index (κ2) is 9.10. The van der Waals surface area contributed by atoms with Crippen molar-refractivity contribution < 1.29 is 4.79 Å². The fraction of sp³-hybridized carbons (Fsp3) is 0.615. The second-order valence-electron chi connectivity index (χ2n) is 4.92. The van der Waals surface area contributed by atoms with Crippen LogP contribution in [-0.4, -0.2) is 34.4 Å². The molecule has 0 aliphatic heterocycles. The van der Waals surface area contributed by atoms with Crippen LogP contribution in [0.15, 0.2) is 18.6 Å². The molecule has 0 unspecified atom stereocenters. The van der Waals surface area contributed by atoms with Gasteiger partial charge in [-0.3, -0.25) is 14.8 Å². The number of amides is 1. The molecule has 20 heavy (non-hydrogen) atoms. The Kier molecular flexibility index (Phi) is 8.69. The van der Waals surface area contributed by atoms with Crippen molar-refractivity contribution in [2.24, 2.45) is 17.6 Å². The Morgan fingerprint density at radius 2 is 2.15 bits per heavy atom. The molecule has 2 N–H and O–H groups in total. The van der Waals surface area contributed by atoms with E-state index in [9.17, 15) is 4.79 Å². The maximum Gasteiger partial charge on any atom is 0.226 e. The van der Waals surface area contributed by atoms with E-state index in [1.165, 1.54) is 0 Å². The summed E-state index contributed by atoms with van der Waals surface area (Å²) in [4.78, 5) is 22.3. The minimum absolute atomic E-state index is 0. The maximum atomic E-state index is 12.3. The summed E-state index contributed by atoms with van der Waals surface area (Å²) in [6.07, 6.45) is 8.12. The molecule has 0 radical (unpaired) electrons. The van der Waals surface area contributed by atoms with E-state index in [1.54, 1.807) is 23.5 Å². The highest BCUT2D eigenvalue weighted by molar-refractivity contribution is 5.85. The van der Waals surface area contributed by atoms with Crippen molar-refractivity contribution in [1.29, 1.82) is 0 Å². The first-order valence-electron chi connectivity index (χ1n) is 6.42. The topological polar surface area (TPSA) is 72.1 Å². The molecule has 1 saturated carbocycles. The van der Waals surface area contributed by atoms with Gasteiger partial charge in [-0.05, 0) is 25.3 Å². The van der Waals surface area contributed by atoms with Crippen LogP contribution in [0.3, 0.4) is 0 Å². The Morgan fingerprint density at radius 1 is 1.40 bits per heavy atom. The predicted molar refractivity (Wildman–Crippen MR) is 82.9 cm³/mol. The molecule has 1 heterocycles. The van der Waals surface area contributed by atoms with Gasteiger partial charge in [0.05, 0.1) is 18.4 Å². The third-order valence-electron chi connectivity index (χ3n) is 3.67. The first-order chi connectivity index (χ1) is 8.72. The van der Waals surface area contributed by atoms with Crippen molar-refractivity contribution in [3.05, 3.63) is 24.3 Å². The fourth-order valence-electron chi connectivity index (χ4n) is 2.66. The van der Waals surface area contributed by atoms with Crippen molar-refractivity contribution in [3.8, 4) is 0 Å². The third kappa shape index (κ3) is 4.58. The molecule has 1 aromatic heterocycles. The minimum atomic E-state index is 0. The number of aromatic nitrogens is 2. The Hall–Kier alpha value is -0.910. The highest BCUT2D eigenvalue weighted by Crippen LogP contribution is 2.32. The molecule has 1 aliphatic carbocycles. The summed E-state index contributed by atoms with van der Waals surface area (Å²) in [6, 6.07) is 0. The molecule has 1 amide bonds. The predicted octanol–water partition coefficient (Wildman–Crippen LogP) is 1.65. The molecule has 1 fully saturated rings. The van der Waals surface area contributed by atoms with Crippen LogP contribution < -0.4 is 5.73 Å². The number of rotatable bonds is 4. The van der Waals surface area contributed by atoms with Crippen molar-refractivity contribution >= 4 is 30.7 Å². The first kappa shape index (κ1) is 19.1. The lowest BCUT2D eigenvalue weighted by Gasteiger charge is -2.24. The van der Waals surface area contributed by atoms with Gasteiger partial charge in [-0.1, -0.05) is 6.42 Å². The lowest BCUT2D eigenvalue weighted by molar-refractivity contribution is -0.135. The van der Waals surface area contributed by atoms with E-state index in [-0.39, 0.29) is 36.6 Å². The first-order valence-corrected chi connectivity index (χ1v) is 6.42. The molecule has 1 aliphatic rings. The standard InChI is InChI=1S/C13H20N4O.2ClH/c1-17(9-11-8-15-5-6-16-11)13(18)12-4-2-3-10(12)7-14;;/h5-6,8,10,12H,2-4,7,9,14H2,1H3;2*1H/t10-,12-;;/m1../s1. The van der Waals surface area contributed by atoms with E-state index in [0.29, 0.717) is 19.0 Å². The van der Waals surface area contributed by atoms with Crippen molar-refractivity contribution in [1.82, 2.24) is 14.9 Å². The van der Waals surface area contributed by atoms with Crippen molar-refractivity contribution in [2.75, 3.05) is 13.6 Å². The van der Waals surface area contributed by atoms with Crippen LogP contribution in [0.4, 0.5) is 0 Å². The number of carbonyl (C=O) groups is 1. The van der Waals surface area contributed by atoms with Crippen LogP contribution in [0.25, 0.3) is 0 Å². The zero-order valence-corrected chi connectivity index (χ0v) is 13.2. The number of hydrogen-bond donors (Lipinski definition) is 1. The molecule has 5 nitrogen and oxygen atoms in total. The molecule has 7 heteroatoms. The van der Waals surface area contributed by atoms with Gasteiger partial charge in [0.15, 0.2) is 0 Å². The lowest BCUT2D eigenvalue weighted by atomic mass is 9.95. The van der Waals surface area contributed by atoms with Crippen LogP contribution in [0.1, 0.15) is 25.0 Å². The summed E-state index contributed by atoms with van der Waals surface area (Å²) >= 11 is 0. The molecule has 0 bridgehead atoms. The van der Waals surface area contributed by atoms with Gasteiger partial charge in [-0.2, -0.15) is 0 Å². The van der Waals surface area contributed by atoms with Crippen molar-refractivity contribution in [3.63, 3.8) is 0 Å². The monoisotopic (exact) mass is 320 g/mol. The third-order valence-corrected chi connectivity index (χ3v) is 3.67. The van der Waals surface area contributed by atoms with E-state index < -0.39 is 0 Å². The summed E-state index contributed by atoms with van der Waals surface area (Å²) in [7, 11) is 1.82. The van der Waals surface area contributed by atoms with E-state index in [1.807, 2.05) is 7.05 Å². The molecule has 0 spiro atoms. The molecule has 114 valence electrons. The fourth-order valence-corrected chi connectivity index (χ4v) is 2.66. The summed E-state index contributed by atoms with van der Waals surface area (Å²) in [5.74, 6) is 0.632. The molecular weight excluding hydrogens is 299 g/mol. The Morgan fingerprint density at radius 3 is 2.75 bits per heavy atom. The summed E-state index contributed by atoms with van der Waals surface area (Å²) in [6.45, 7) is 1.12. The average molecular weight is 321 g/mol. The Balaban J connectivity index is 0.00000180. The van der Waals surface area contributed by atoms with Crippen LogP contribution in [0, 0.1) is 11.8 Å². The van der Waals surface area contributed by atoms with Crippen LogP contribution in [0.5, 0.6) is 0 Å². The molecule has 0 aromatic carbocycles. The SMILES string of the molecule is CN(Cc1cnccn1)C(=O)[C@@H]1CCC[C@@H]1CN.Cl.Cl. The molecule has 2 atom stereocenters. The maximum absolute atomic E-state index is 12.3. The normalized spacial score (nSPS) is 20.7. The van der Waals surface area contributed by atoms with Gasteiger partial charge < -0.3 is 10.6 Å². The van der Waals surface area contributed by atoms with Crippen LogP contribution >= 0.6 is 24.8 Å². The van der Waals surface area contributed by atoms with E-state index in [4.69, 9.17) is 5.73 Å². The van der Waals surface area contributed by atoms with Gasteiger partial charge in [-0.15, -0.1) is 24.8 Å². The molecule has 0 saturated heterocycles. The summed E-state index contributed by atoms with van der Waals surface area (Å²) < 4.78 is 0. The van der Waals surface area contributed by atoms with E-state index in [2.05, 4.69) is 9.97 Å². The van der Waals surface area contributed by atoms with Gasteiger partial charge in [0.1, 0.15) is 0 Å². The minimum Gasteiger partial charge on any atom is -0.340 e. The summed E-state index contributed by atoms with van der Waals surface area (Å²) in [5.41, 5.74) is 6.54. The zero-order valence-electron chi connectivity index (χ0n) is 11.6. The number of halogens is 2. The molecular formula is C13H22Cl2N4O. The van der Waals surface area contributed by atoms with Gasteiger partial charge in [0, 0.05) is 25.4 Å². The summed E-state index contributed by atoms with van der Waals surface area (Å²) in [5, 5.41) is 0.